The Morgan fingerprint density at radius 1 is 0.230 bits per heavy atom. The van der Waals surface area contributed by atoms with E-state index in [1.54, 1.807) is 0 Å². The smallest absolute Gasteiger partial charge is 0.510 e. The number of para-hydroxylation sites is 6. The van der Waals surface area contributed by atoms with Crippen LogP contribution in [0.1, 0.15) is 0 Å². The molecule has 15 heteroatoms. The summed E-state index contributed by atoms with van der Waals surface area (Å²) in [6, 6.07) is 135. The topological polar surface area (TPSA) is 71.3 Å². The zero-order valence-corrected chi connectivity index (χ0v) is 75.7. The molecule has 0 bridgehead atoms. The van der Waals surface area contributed by atoms with Gasteiger partial charge >= 0.3 is 60.3 Å². The molecule has 12 nitrogen and oxygen atoms in total. The zero-order valence-electron chi connectivity index (χ0n) is 68.5. The molecule has 126 heavy (non-hydrogen) atoms. The Kier molecular flexibility index (Phi) is 22.6. The summed E-state index contributed by atoms with van der Waals surface area (Å²) in [7, 11) is 6.00. The van der Waals surface area contributed by atoms with Gasteiger partial charge in [0, 0.05) is 51.7 Å². The van der Waals surface area contributed by atoms with E-state index in [2.05, 4.69) is 286 Å². The van der Waals surface area contributed by atoms with Gasteiger partial charge in [0.2, 0.25) is 0 Å². The van der Waals surface area contributed by atoms with Crippen LogP contribution >= 0.6 is 0 Å². The van der Waals surface area contributed by atoms with Crippen LogP contribution in [0.2, 0.25) is 0 Å². The van der Waals surface area contributed by atoms with E-state index in [1.165, 1.54) is 130 Å². The van der Waals surface area contributed by atoms with Gasteiger partial charge in [0.25, 0.3) is 0 Å². The molecule has 0 fully saturated rings. The molecule has 9 aromatic heterocycles. The third-order valence-corrected chi connectivity index (χ3v) is 23.3. The maximum Gasteiger partial charge on any atom is 3.00 e. The third kappa shape index (κ3) is 15.1. The quantitative estimate of drug-likeness (QED) is 0.0977. The number of nitrogens with zero attached hydrogens (tertiary/aromatic N) is 12. The summed E-state index contributed by atoms with van der Waals surface area (Å²) in [6.45, 7) is 6.02. The maximum atomic E-state index is 4.75. The van der Waals surface area contributed by atoms with Gasteiger partial charge < -0.3 is 57.6 Å². The van der Waals surface area contributed by atoms with Crippen LogP contribution in [0, 0.1) is 56.4 Å². The molecule has 0 N–H and O–H groups in total. The molecule has 0 aliphatic carbocycles. The van der Waals surface area contributed by atoms with Gasteiger partial charge in [-0.3, -0.25) is 0 Å². The van der Waals surface area contributed by atoms with E-state index < -0.39 is 0 Å². The van der Waals surface area contributed by atoms with Crippen LogP contribution in [0.5, 0.6) is 0 Å². The van der Waals surface area contributed by atoms with Crippen LogP contribution in [-0.4, -0.2) is 64.0 Å². The molecule has 3 aliphatic heterocycles. The summed E-state index contributed by atoms with van der Waals surface area (Å²) >= 11 is 0. The van der Waals surface area contributed by atoms with Gasteiger partial charge in [0.1, 0.15) is 0 Å². The number of hydrogen-bond acceptors (Lipinski definition) is 9. The minimum absolute atomic E-state index is 0. The van der Waals surface area contributed by atoms with Crippen LogP contribution in [-0.2, 0) is 60.3 Å². The zero-order chi connectivity index (χ0) is 82.0. The van der Waals surface area contributed by atoms with E-state index in [0.29, 0.717) is 0 Å². The molecule has 27 rings (SSSR count). The predicted octanol–water partition coefficient (Wildman–Crippen LogP) is 26.2. The molecular weight excluding hydrogens is 2080 g/mol. The molecule has 15 aromatic carbocycles. The fourth-order valence-corrected chi connectivity index (χ4v) is 17.6. The molecule has 0 atom stereocenters. The van der Waals surface area contributed by atoms with Crippen molar-refractivity contribution in [1.29, 1.82) is 0 Å². The van der Waals surface area contributed by atoms with Crippen molar-refractivity contribution in [2.75, 3.05) is 35.8 Å². The number of anilines is 3. The summed E-state index contributed by atoms with van der Waals surface area (Å²) in [6.07, 6.45) is 17.6. The van der Waals surface area contributed by atoms with Gasteiger partial charge in [-0.25, -0.2) is 0 Å². The predicted molar refractivity (Wildman–Crippen MR) is 512 cm³/mol. The number of fused-ring (bicyclic) bond motifs is 32. The molecule has 24 aromatic rings. The van der Waals surface area contributed by atoms with Crippen LogP contribution < -0.4 is 14.7 Å². The molecule has 0 saturated heterocycles. The van der Waals surface area contributed by atoms with Crippen molar-refractivity contribution in [1.82, 2.24) is 42.9 Å². The van der Waals surface area contributed by atoms with Gasteiger partial charge in [0.05, 0.1) is 0 Å². The van der Waals surface area contributed by atoms with Crippen molar-refractivity contribution in [2.24, 2.45) is 0 Å². The average Bonchev–Trinajstić information content (AvgIpc) is 1.51. The summed E-state index contributed by atoms with van der Waals surface area (Å²) < 4.78 is 6.95. The van der Waals surface area contributed by atoms with E-state index in [-0.39, 0.29) is 60.3 Å². The van der Waals surface area contributed by atoms with Crippen molar-refractivity contribution in [3.63, 3.8) is 0 Å². The molecule has 3 aliphatic rings. The number of rotatable bonds is 3. The Morgan fingerprint density at radius 3 is 0.929 bits per heavy atom. The number of hydrogen-bond donors (Lipinski definition) is 0. The fraction of sp³-hybridized carbons (Fsp3) is 0.0270. The van der Waals surface area contributed by atoms with Crippen molar-refractivity contribution < 1.29 is 60.3 Å². The van der Waals surface area contributed by atoms with Crippen molar-refractivity contribution >= 4 is 196 Å². The molecular formula is C111H75Ir3N12. The summed E-state index contributed by atoms with van der Waals surface area (Å²) in [5.41, 5.74) is 16.4. The molecule has 0 radical (unpaired) electrons. The molecule has 0 spiro atoms. The minimum atomic E-state index is 0. The van der Waals surface area contributed by atoms with Gasteiger partial charge in [-0.05, 0) is 255 Å². The second kappa shape index (κ2) is 34.9. The minimum Gasteiger partial charge on any atom is -0.510 e. The number of benzene rings is 15. The Labute approximate surface area is 768 Å². The number of aromatic nitrogens is 6. The van der Waals surface area contributed by atoms with Crippen LogP contribution in [0.25, 0.3) is 179 Å². The summed E-state index contributed by atoms with van der Waals surface area (Å²) in [4.78, 5) is 26.3. The van der Waals surface area contributed by atoms with E-state index in [0.717, 1.165) is 66.3 Å². The first-order chi connectivity index (χ1) is 60.7. The molecule has 12 heterocycles. The van der Waals surface area contributed by atoms with Crippen LogP contribution in [0.3, 0.4) is 0 Å². The Morgan fingerprint density at radius 2 is 0.540 bits per heavy atom. The second-order valence-corrected chi connectivity index (χ2v) is 31.0. The largest absolute Gasteiger partial charge is 3.00 e. The summed E-state index contributed by atoms with van der Waals surface area (Å²) in [5.74, 6) is 0. The van der Waals surface area contributed by atoms with E-state index >= 15 is 0 Å². The number of pyridine rings is 6. The molecule has 606 valence electrons. The van der Waals surface area contributed by atoms with E-state index in [1.807, 2.05) is 217 Å². The fourth-order valence-electron chi connectivity index (χ4n) is 17.6. The van der Waals surface area contributed by atoms with Gasteiger partial charge in [-0.1, -0.05) is 152 Å². The summed E-state index contributed by atoms with van der Waals surface area (Å²) in [5, 5.41) is 25.7. The van der Waals surface area contributed by atoms with Crippen LogP contribution in [0.4, 0.5) is 17.1 Å². The van der Waals surface area contributed by atoms with Gasteiger partial charge in [-0.2, -0.15) is 111 Å². The van der Waals surface area contributed by atoms with Crippen molar-refractivity contribution in [3.8, 4) is 0 Å². The Hall–Kier alpha value is -14.1. The first-order valence-corrected chi connectivity index (χ1v) is 41.1. The molecule has 0 unspecified atom stereocenters. The van der Waals surface area contributed by atoms with Gasteiger partial charge in [-0.15, -0.1) is 87.8 Å². The van der Waals surface area contributed by atoms with E-state index in [9.17, 15) is 0 Å². The Bertz CT molecular complexity index is 8070. The SMILES string of the molecule is CN1C=CN(c2[c-]cccc2)[CH-]1.CN1C=CN(c2[c-]cccc2)[CH-]1.CN1C=CN(c2[c-]cccc2)[CH-]1.[Ir+3].[Ir+3].[Ir+3].[c-]1c2ccccc2n2c1c1ncccc1c1cc3c(ccc4ccccc43)cc12.[c-]1c2ccccc2n2c1c1ncccc1c1cc3cc4ccccc4cc3cc12.[c-]1c2ccccc2n2c1c1ncccc1c1cc3ccc4ccccc4c3cc12. The monoisotopic (exact) mass is 2150 g/mol. The van der Waals surface area contributed by atoms with Crippen LogP contribution in [0.15, 0.2) is 383 Å². The maximum absolute atomic E-state index is 4.75. The van der Waals surface area contributed by atoms with Crippen molar-refractivity contribution in [2.45, 2.75) is 0 Å². The average molecular weight is 2150 g/mol. The molecule has 0 saturated carbocycles. The van der Waals surface area contributed by atoms with Crippen molar-refractivity contribution in [3.05, 3.63) is 440 Å². The standard InChI is InChI=1S/3C27H15N2.3C10H10N2.3Ir/c1-3-8-20-17(6-1)11-12-18-14-25-23(16-22(18)20)21-9-5-13-28-27(21)26-15-19-7-2-4-10-24(19)29(25)26;1-3-8-20-17(6-1)11-12-18-14-23-21-9-5-13-28-27(21)26-15-19-7-2-4-10-24(19)29(26)25(23)16-22(18)20;1-2-7-18-13-21-16-25-23(14-20(21)12-17(18)6-1)22-9-5-11-28-27(22)26-15-19-8-3-4-10-24(19)29(25)26;3*1-11-7-8-12(9-11)10-5-3-2-4-6-10;;;/h3*1-14,16H;3*2-5,7-9H,1H3;;;/q3*-1;3*-2;3*+3. The first-order valence-electron chi connectivity index (χ1n) is 41.1. The third-order valence-electron chi connectivity index (χ3n) is 23.3. The first kappa shape index (κ1) is 81.6. The Balaban J connectivity index is 0.000000103. The normalized spacial score (nSPS) is 12.9. The van der Waals surface area contributed by atoms with Gasteiger partial charge in [0.15, 0.2) is 0 Å². The molecule has 0 amide bonds. The second-order valence-electron chi connectivity index (χ2n) is 31.0. The van der Waals surface area contributed by atoms with E-state index in [4.69, 9.17) is 15.0 Å².